The SMILES string of the molecule is CCCc1cc2c(N3CCn4c(nnc4C(F)(F)F)C3)nc(NOCCc3cnc[nH]3)nc2s1. The van der Waals surface area contributed by atoms with Gasteiger partial charge >= 0.3 is 6.18 Å². The maximum absolute atomic E-state index is 13.2. The number of anilines is 2. The van der Waals surface area contributed by atoms with Gasteiger partial charge < -0.3 is 14.5 Å². The molecule has 180 valence electrons. The van der Waals surface area contributed by atoms with E-state index in [1.54, 1.807) is 23.9 Å². The van der Waals surface area contributed by atoms with Crippen LogP contribution in [0.2, 0.25) is 0 Å². The molecule has 0 fully saturated rings. The van der Waals surface area contributed by atoms with Gasteiger partial charge in [-0.1, -0.05) is 13.3 Å². The van der Waals surface area contributed by atoms with Crippen LogP contribution in [0.25, 0.3) is 10.2 Å². The number of halogens is 3. The molecule has 0 aromatic carbocycles. The minimum Gasteiger partial charge on any atom is -0.348 e. The fraction of sp³-hybridized carbons (Fsp3) is 0.450. The van der Waals surface area contributed by atoms with Gasteiger partial charge in [0, 0.05) is 36.3 Å². The first-order valence-electron chi connectivity index (χ1n) is 10.8. The summed E-state index contributed by atoms with van der Waals surface area (Å²) in [7, 11) is 0. The molecule has 0 radical (unpaired) electrons. The average Bonchev–Trinajstić information content (AvgIpc) is 3.54. The van der Waals surface area contributed by atoms with Crippen molar-refractivity contribution in [2.45, 2.75) is 45.5 Å². The maximum atomic E-state index is 13.2. The number of aryl methyl sites for hydroxylation is 1. The normalized spacial score (nSPS) is 14.1. The highest BCUT2D eigenvalue weighted by Gasteiger charge is 2.39. The van der Waals surface area contributed by atoms with Crippen LogP contribution in [-0.4, -0.2) is 47.9 Å². The topological polar surface area (TPSA) is 110 Å². The summed E-state index contributed by atoms with van der Waals surface area (Å²) < 4.78 is 40.8. The first-order chi connectivity index (χ1) is 16.4. The lowest BCUT2D eigenvalue weighted by Crippen LogP contribution is -2.36. The molecule has 0 spiro atoms. The minimum absolute atomic E-state index is 0.109. The first-order valence-corrected chi connectivity index (χ1v) is 11.6. The van der Waals surface area contributed by atoms with Gasteiger partial charge in [-0.05, 0) is 12.5 Å². The van der Waals surface area contributed by atoms with Gasteiger partial charge in [0.25, 0.3) is 0 Å². The summed E-state index contributed by atoms with van der Waals surface area (Å²) in [6.45, 7) is 3.08. The number of hydrogen-bond acceptors (Lipinski definition) is 9. The van der Waals surface area contributed by atoms with E-state index in [-0.39, 0.29) is 18.9 Å². The van der Waals surface area contributed by atoms with Crippen LogP contribution >= 0.6 is 11.3 Å². The van der Waals surface area contributed by atoms with Crippen LogP contribution in [0.5, 0.6) is 0 Å². The summed E-state index contributed by atoms with van der Waals surface area (Å²) in [4.78, 5) is 25.6. The fourth-order valence-electron chi connectivity index (χ4n) is 3.86. The molecular weight excluding hydrogens is 471 g/mol. The second-order valence-electron chi connectivity index (χ2n) is 7.84. The number of aromatic nitrogens is 7. The average molecular weight is 494 g/mol. The number of H-pyrrole nitrogens is 1. The van der Waals surface area contributed by atoms with E-state index in [1.165, 1.54) is 4.88 Å². The standard InChI is InChI=1S/C20H22F3N9OS/c1-2-3-13-8-14-16(31-5-6-32-15(10-31)28-29-18(32)20(21,22)23)26-19(27-17(14)34-13)30-33-7-4-12-9-24-11-25-12/h8-9,11H,2-7,10H2,1H3,(H,24,25)(H,26,27,30). The van der Waals surface area contributed by atoms with Gasteiger partial charge in [-0.3, -0.25) is 4.84 Å². The molecule has 34 heavy (non-hydrogen) atoms. The van der Waals surface area contributed by atoms with Crippen molar-refractivity contribution in [2.24, 2.45) is 0 Å². The Bertz CT molecular complexity index is 1270. The van der Waals surface area contributed by atoms with Crippen molar-refractivity contribution >= 4 is 33.3 Å². The molecule has 0 saturated carbocycles. The third-order valence-electron chi connectivity index (χ3n) is 5.42. The van der Waals surface area contributed by atoms with E-state index in [1.807, 2.05) is 4.90 Å². The Kier molecular flexibility index (Phi) is 6.08. The Morgan fingerprint density at radius 3 is 2.85 bits per heavy atom. The molecule has 5 heterocycles. The lowest BCUT2D eigenvalue weighted by atomic mass is 10.2. The molecule has 1 aliphatic heterocycles. The van der Waals surface area contributed by atoms with Crippen LogP contribution in [0.1, 0.15) is 35.6 Å². The minimum atomic E-state index is -4.54. The van der Waals surface area contributed by atoms with Crippen molar-refractivity contribution in [3.63, 3.8) is 0 Å². The summed E-state index contributed by atoms with van der Waals surface area (Å²) in [5.41, 5.74) is 3.75. The number of fused-ring (bicyclic) bond motifs is 2. The molecule has 1 aliphatic rings. The third-order valence-corrected chi connectivity index (χ3v) is 6.51. The lowest BCUT2D eigenvalue weighted by molar-refractivity contribution is -0.147. The largest absolute Gasteiger partial charge is 0.451 e. The Hall–Kier alpha value is -3.26. The Labute approximate surface area is 196 Å². The zero-order valence-corrected chi connectivity index (χ0v) is 19.1. The molecule has 4 aromatic rings. The number of imidazole rings is 1. The zero-order chi connectivity index (χ0) is 23.7. The van der Waals surface area contributed by atoms with E-state index in [9.17, 15) is 13.2 Å². The Morgan fingerprint density at radius 2 is 2.09 bits per heavy atom. The number of rotatable bonds is 8. The van der Waals surface area contributed by atoms with Crippen molar-refractivity contribution in [2.75, 3.05) is 23.5 Å². The molecule has 0 unspecified atom stereocenters. The highest BCUT2D eigenvalue weighted by Crippen LogP contribution is 2.35. The van der Waals surface area contributed by atoms with Crippen molar-refractivity contribution in [1.29, 1.82) is 0 Å². The Balaban J connectivity index is 1.40. The maximum Gasteiger partial charge on any atom is 0.451 e. The summed E-state index contributed by atoms with van der Waals surface area (Å²) in [6.07, 6.45) is 1.32. The van der Waals surface area contributed by atoms with Gasteiger partial charge in [0.15, 0.2) is 5.82 Å². The van der Waals surface area contributed by atoms with Crippen molar-refractivity contribution in [3.05, 3.63) is 40.8 Å². The van der Waals surface area contributed by atoms with Crippen molar-refractivity contribution in [1.82, 2.24) is 34.7 Å². The van der Waals surface area contributed by atoms with E-state index in [0.717, 1.165) is 33.3 Å². The fourth-order valence-corrected chi connectivity index (χ4v) is 4.98. The summed E-state index contributed by atoms with van der Waals surface area (Å²) in [6, 6.07) is 2.06. The number of aromatic amines is 1. The van der Waals surface area contributed by atoms with E-state index in [4.69, 9.17) is 4.84 Å². The molecule has 0 atom stereocenters. The number of nitrogens with one attached hydrogen (secondary N) is 2. The molecular formula is C20H22F3N9OS. The van der Waals surface area contributed by atoms with Gasteiger partial charge in [-0.2, -0.15) is 23.1 Å². The van der Waals surface area contributed by atoms with Crippen LogP contribution in [0, 0.1) is 0 Å². The van der Waals surface area contributed by atoms with Gasteiger partial charge in [0.2, 0.25) is 11.8 Å². The van der Waals surface area contributed by atoms with Crippen LogP contribution in [-0.2, 0) is 36.9 Å². The first kappa shape index (κ1) is 22.5. The predicted molar refractivity (Wildman–Crippen MR) is 119 cm³/mol. The quantitative estimate of drug-likeness (QED) is 0.283. The van der Waals surface area contributed by atoms with Gasteiger partial charge in [0.1, 0.15) is 10.6 Å². The predicted octanol–water partition coefficient (Wildman–Crippen LogP) is 3.58. The smallest absolute Gasteiger partial charge is 0.348 e. The van der Waals surface area contributed by atoms with E-state index >= 15 is 0 Å². The Morgan fingerprint density at radius 1 is 1.21 bits per heavy atom. The van der Waals surface area contributed by atoms with Crippen LogP contribution in [0.4, 0.5) is 24.9 Å². The van der Waals surface area contributed by atoms with Gasteiger partial charge in [-0.15, -0.1) is 21.5 Å². The van der Waals surface area contributed by atoms with Gasteiger partial charge in [0.05, 0.1) is 24.9 Å². The van der Waals surface area contributed by atoms with Crippen LogP contribution in [0.15, 0.2) is 18.6 Å². The lowest BCUT2D eigenvalue weighted by Gasteiger charge is -2.29. The molecule has 5 rings (SSSR count). The number of hydrogen-bond donors (Lipinski definition) is 2. The van der Waals surface area contributed by atoms with Crippen LogP contribution < -0.4 is 10.4 Å². The summed E-state index contributed by atoms with van der Waals surface area (Å²) >= 11 is 1.58. The molecule has 0 aliphatic carbocycles. The number of thiophene rings is 1. The van der Waals surface area contributed by atoms with E-state index in [2.05, 4.69) is 48.6 Å². The molecule has 0 amide bonds. The monoisotopic (exact) mass is 493 g/mol. The van der Waals surface area contributed by atoms with Gasteiger partial charge in [-0.25, -0.2) is 10.5 Å². The molecule has 0 bridgehead atoms. The highest BCUT2D eigenvalue weighted by atomic mass is 32.1. The molecule has 4 aromatic heterocycles. The zero-order valence-electron chi connectivity index (χ0n) is 18.3. The second kappa shape index (κ2) is 9.18. The second-order valence-corrected chi connectivity index (χ2v) is 8.96. The highest BCUT2D eigenvalue weighted by molar-refractivity contribution is 7.18. The molecule has 10 nitrogen and oxygen atoms in total. The summed E-state index contributed by atoms with van der Waals surface area (Å²) in [5, 5.41) is 8.01. The third kappa shape index (κ3) is 4.55. The van der Waals surface area contributed by atoms with Crippen molar-refractivity contribution < 1.29 is 18.0 Å². The summed E-state index contributed by atoms with van der Waals surface area (Å²) in [5.74, 6) is 0.203. The van der Waals surface area contributed by atoms with E-state index in [0.29, 0.717) is 31.3 Å². The molecule has 2 N–H and O–H groups in total. The molecule has 0 saturated heterocycles. The van der Waals surface area contributed by atoms with E-state index < -0.39 is 12.0 Å². The number of alkyl halides is 3. The molecule has 14 heteroatoms. The van der Waals surface area contributed by atoms with Crippen molar-refractivity contribution in [3.8, 4) is 0 Å². The van der Waals surface area contributed by atoms with Crippen LogP contribution in [0.3, 0.4) is 0 Å². The number of nitrogens with zero attached hydrogens (tertiary/aromatic N) is 7.